The molecule has 2 heterocycles. The molecular formula is C13H26N4O3S. The van der Waals surface area contributed by atoms with Gasteiger partial charge in [0.05, 0.1) is 25.5 Å². The highest BCUT2D eigenvalue weighted by Gasteiger charge is 2.24. The number of morpholine rings is 1. The van der Waals surface area contributed by atoms with Crippen LogP contribution >= 0.6 is 0 Å². The molecule has 2 rings (SSSR count). The minimum atomic E-state index is -3.22. The molecule has 1 N–H and O–H groups in total. The Morgan fingerprint density at radius 1 is 1.19 bits per heavy atom. The normalized spacial score (nSPS) is 21.8. The SMILES string of the molecule is CCNC(=NCCS(=O)(=O)N1CCOCC1)N1CCCC1. The van der Waals surface area contributed by atoms with Crippen LogP contribution in [-0.2, 0) is 14.8 Å². The third-order valence-electron chi connectivity index (χ3n) is 3.71. The molecule has 0 saturated carbocycles. The Hall–Kier alpha value is -0.860. The van der Waals surface area contributed by atoms with Crippen LogP contribution < -0.4 is 5.32 Å². The zero-order valence-electron chi connectivity index (χ0n) is 12.8. The molecule has 0 aromatic rings. The van der Waals surface area contributed by atoms with Crippen LogP contribution in [0.2, 0.25) is 0 Å². The van der Waals surface area contributed by atoms with E-state index in [-0.39, 0.29) is 5.75 Å². The molecule has 2 saturated heterocycles. The van der Waals surface area contributed by atoms with E-state index in [1.54, 1.807) is 0 Å². The highest BCUT2D eigenvalue weighted by molar-refractivity contribution is 7.89. The van der Waals surface area contributed by atoms with Gasteiger partial charge in [0.25, 0.3) is 0 Å². The molecule has 8 heteroatoms. The zero-order valence-corrected chi connectivity index (χ0v) is 13.6. The Morgan fingerprint density at radius 3 is 2.48 bits per heavy atom. The summed E-state index contributed by atoms with van der Waals surface area (Å²) in [7, 11) is -3.22. The zero-order chi connectivity index (χ0) is 15.1. The van der Waals surface area contributed by atoms with Gasteiger partial charge in [0.1, 0.15) is 0 Å². The number of ether oxygens (including phenoxy) is 1. The molecule has 2 fully saturated rings. The van der Waals surface area contributed by atoms with Gasteiger partial charge in [0, 0.05) is 32.7 Å². The minimum Gasteiger partial charge on any atom is -0.379 e. The fourth-order valence-electron chi connectivity index (χ4n) is 2.58. The average Bonchev–Trinajstić information content (AvgIpc) is 3.01. The molecule has 0 amide bonds. The van der Waals surface area contributed by atoms with Crippen molar-refractivity contribution in [3.63, 3.8) is 0 Å². The van der Waals surface area contributed by atoms with Crippen LogP contribution in [0.4, 0.5) is 0 Å². The Labute approximate surface area is 127 Å². The summed E-state index contributed by atoms with van der Waals surface area (Å²) < 4.78 is 31.1. The predicted molar refractivity (Wildman–Crippen MR) is 83.0 cm³/mol. The summed E-state index contributed by atoms with van der Waals surface area (Å²) in [5, 5.41) is 3.24. The van der Waals surface area contributed by atoms with Gasteiger partial charge in [-0.1, -0.05) is 0 Å². The molecule has 0 radical (unpaired) electrons. The first-order valence-electron chi connectivity index (χ1n) is 7.72. The molecule has 0 aromatic heterocycles. The third kappa shape index (κ3) is 4.82. The molecule has 21 heavy (non-hydrogen) atoms. The number of sulfonamides is 1. The lowest BCUT2D eigenvalue weighted by Gasteiger charge is -2.26. The van der Waals surface area contributed by atoms with Gasteiger partial charge < -0.3 is 15.0 Å². The average molecular weight is 318 g/mol. The van der Waals surface area contributed by atoms with Crippen LogP contribution in [0.3, 0.4) is 0 Å². The van der Waals surface area contributed by atoms with Crippen molar-refractivity contribution in [2.75, 3.05) is 58.2 Å². The Morgan fingerprint density at radius 2 is 1.86 bits per heavy atom. The maximum absolute atomic E-state index is 12.2. The summed E-state index contributed by atoms with van der Waals surface area (Å²) in [6.07, 6.45) is 2.35. The van der Waals surface area contributed by atoms with Crippen molar-refractivity contribution >= 4 is 16.0 Å². The maximum Gasteiger partial charge on any atom is 0.216 e. The standard InChI is InChI=1S/C13H26N4O3S/c1-2-14-13(16-6-3-4-7-16)15-5-12-21(18,19)17-8-10-20-11-9-17/h2-12H2,1H3,(H,14,15). The number of nitrogens with one attached hydrogen (secondary N) is 1. The summed E-state index contributed by atoms with van der Waals surface area (Å²) >= 11 is 0. The molecule has 0 atom stereocenters. The summed E-state index contributed by atoms with van der Waals surface area (Å²) in [5.74, 6) is 0.905. The second-order valence-corrected chi connectivity index (χ2v) is 7.35. The van der Waals surface area contributed by atoms with E-state index < -0.39 is 10.0 Å². The molecule has 122 valence electrons. The molecule has 0 unspecified atom stereocenters. The Kier molecular flexibility index (Phi) is 6.25. The van der Waals surface area contributed by atoms with Crippen LogP contribution in [0.25, 0.3) is 0 Å². The maximum atomic E-state index is 12.2. The lowest BCUT2D eigenvalue weighted by atomic mass is 10.4. The number of nitrogens with zero attached hydrogens (tertiary/aromatic N) is 3. The van der Waals surface area contributed by atoms with Crippen molar-refractivity contribution < 1.29 is 13.2 Å². The highest BCUT2D eigenvalue weighted by Crippen LogP contribution is 2.08. The van der Waals surface area contributed by atoms with Gasteiger partial charge in [0.15, 0.2) is 5.96 Å². The van der Waals surface area contributed by atoms with Crippen molar-refractivity contribution in [1.29, 1.82) is 0 Å². The van der Waals surface area contributed by atoms with Crippen LogP contribution in [0.15, 0.2) is 4.99 Å². The lowest BCUT2D eigenvalue weighted by Crippen LogP contribution is -2.43. The quantitative estimate of drug-likeness (QED) is 0.557. The topological polar surface area (TPSA) is 74.2 Å². The van der Waals surface area contributed by atoms with Gasteiger partial charge in [-0.2, -0.15) is 4.31 Å². The van der Waals surface area contributed by atoms with E-state index in [1.807, 2.05) is 6.92 Å². The van der Waals surface area contributed by atoms with Crippen LogP contribution in [0, 0.1) is 0 Å². The fraction of sp³-hybridized carbons (Fsp3) is 0.923. The number of hydrogen-bond donors (Lipinski definition) is 1. The van der Waals surface area contributed by atoms with E-state index >= 15 is 0 Å². The first-order chi connectivity index (χ1) is 10.1. The largest absolute Gasteiger partial charge is 0.379 e. The van der Waals surface area contributed by atoms with Gasteiger partial charge in [0.2, 0.25) is 10.0 Å². The minimum absolute atomic E-state index is 0.0652. The lowest BCUT2D eigenvalue weighted by molar-refractivity contribution is 0.0731. The van der Waals surface area contributed by atoms with Crippen molar-refractivity contribution in [2.24, 2.45) is 4.99 Å². The van der Waals surface area contributed by atoms with E-state index in [4.69, 9.17) is 4.74 Å². The Balaban J connectivity index is 1.88. The second kappa shape index (κ2) is 7.95. The van der Waals surface area contributed by atoms with E-state index in [9.17, 15) is 8.42 Å². The highest BCUT2D eigenvalue weighted by atomic mass is 32.2. The molecule has 0 aromatic carbocycles. The van der Waals surface area contributed by atoms with Crippen molar-refractivity contribution in [1.82, 2.24) is 14.5 Å². The fourth-order valence-corrected chi connectivity index (χ4v) is 3.86. The van der Waals surface area contributed by atoms with Gasteiger partial charge in [-0.25, -0.2) is 8.42 Å². The summed E-state index contributed by atoms with van der Waals surface area (Å²) in [5.41, 5.74) is 0. The molecule has 7 nitrogen and oxygen atoms in total. The molecule has 0 aliphatic carbocycles. The molecule has 2 aliphatic rings. The van der Waals surface area contributed by atoms with Gasteiger partial charge in [-0.3, -0.25) is 4.99 Å². The first kappa shape index (κ1) is 16.5. The van der Waals surface area contributed by atoms with Gasteiger partial charge >= 0.3 is 0 Å². The van der Waals surface area contributed by atoms with Crippen LogP contribution in [0.5, 0.6) is 0 Å². The van der Waals surface area contributed by atoms with E-state index in [0.29, 0.717) is 32.8 Å². The number of hydrogen-bond acceptors (Lipinski definition) is 4. The number of guanidine groups is 1. The number of aliphatic imine (C=N–C) groups is 1. The number of likely N-dealkylation sites (tertiary alicyclic amines) is 1. The first-order valence-corrected chi connectivity index (χ1v) is 9.33. The number of rotatable bonds is 5. The van der Waals surface area contributed by atoms with Gasteiger partial charge in [-0.05, 0) is 19.8 Å². The van der Waals surface area contributed by atoms with Crippen molar-refractivity contribution in [2.45, 2.75) is 19.8 Å². The van der Waals surface area contributed by atoms with Crippen molar-refractivity contribution in [3.8, 4) is 0 Å². The monoisotopic (exact) mass is 318 g/mol. The van der Waals surface area contributed by atoms with Crippen LogP contribution in [-0.4, -0.2) is 81.8 Å². The van der Waals surface area contributed by atoms with E-state index in [0.717, 1.165) is 25.6 Å². The third-order valence-corrected chi connectivity index (χ3v) is 5.57. The second-order valence-electron chi connectivity index (χ2n) is 5.26. The summed E-state index contributed by atoms with van der Waals surface area (Å²) in [4.78, 5) is 6.67. The molecule has 2 aliphatic heterocycles. The van der Waals surface area contributed by atoms with E-state index in [1.165, 1.54) is 17.1 Å². The molecular weight excluding hydrogens is 292 g/mol. The predicted octanol–water partition coefficient (Wildman–Crippen LogP) is -0.290. The van der Waals surface area contributed by atoms with E-state index in [2.05, 4.69) is 15.2 Å². The van der Waals surface area contributed by atoms with Crippen molar-refractivity contribution in [3.05, 3.63) is 0 Å². The van der Waals surface area contributed by atoms with Gasteiger partial charge in [-0.15, -0.1) is 0 Å². The molecule has 0 bridgehead atoms. The summed E-state index contributed by atoms with van der Waals surface area (Å²) in [6, 6.07) is 0. The molecule has 0 spiro atoms. The Bertz CT molecular complexity index is 440. The summed E-state index contributed by atoms with van der Waals surface area (Å²) in [6.45, 7) is 7.01. The van der Waals surface area contributed by atoms with Crippen LogP contribution in [0.1, 0.15) is 19.8 Å². The smallest absolute Gasteiger partial charge is 0.216 e.